The van der Waals surface area contributed by atoms with E-state index in [9.17, 15) is 0 Å². The number of hydrogen-bond donors (Lipinski definition) is 2. The van der Waals surface area contributed by atoms with E-state index in [0.29, 0.717) is 24.2 Å². The minimum atomic E-state index is -1.12. The van der Waals surface area contributed by atoms with E-state index in [1.807, 2.05) is 6.07 Å². The molecule has 1 saturated carbocycles. The van der Waals surface area contributed by atoms with Crippen molar-refractivity contribution in [1.82, 2.24) is 19.7 Å². The first-order valence-electron chi connectivity index (χ1n) is 10.5. The molecule has 1 saturated heterocycles. The third-order valence-electron chi connectivity index (χ3n) is 5.40. The van der Waals surface area contributed by atoms with Crippen LogP contribution in [0.3, 0.4) is 0 Å². The number of nitrogens with zero attached hydrogens (tertiary/aromatic N) is 4. The van der Waals surface area contributed by atoms with E-state index in [4.69, 9.17) is 15.2 Å². The molecule has 9 heteroatoms. The lowest BCUT2D eigenvalue weighted by molar-refractivity contribution is -0.0410. The first kappa shape index (κ1) is 20.3. The van der Waals surface area contributed by atoms with Crippen LogP contribution in [0.1, 0.15) is 31.0 Å². The molecule has 3 N–H and O–H groups in total. The van der Waals surface area contributed by atoms with Crippen molar-refractivity contribution in [2.75, 3.05) is 30.8 Å². The predicted molar refractivity (Wildman–Crippen MR) is 117 cm³/mol. The standard InChI is InChI=1S/C20H32N6O2Si/c1-29(2,3)9-8-27-13-26-19(14-4-5-14)24-25-20(26)15-10-17(21)18(22-11-15)23-12-16-6-7-28-16/h10-11,14,16H,4-9,12-13,21H2,1-3H3,(H,22,23)/t16-/m0/s1. The number of nitrogens with two attached hydrogens (primary N) is 1. The molecular weight excluding hydrogens is 384 g/mol. The molecule has 0 spiro atoms. The Hall–Kier alpha value is -1.97. The Morgan fingerprint density at radius 1 is 1.28 bits per heavy atom. The SMILES string of the molecule is C[Si](C)(C)CCOCn1c(-c2cnc(NC[C@@H]3CCO3)c(N)c2)nnc1C1CC1. The molecule has 0 bridgehead atoms. The summed E-state index contributed by atoms with van der Waals surface area (Å²) in [6.07, 6.45) is 5.47. The summed E-state index contributed by atoms with van der Waals surface area (Å²) < 4.78 is 13.5. The Balaban J connectivity index is 1.47. The van der Waals surface area contributed by atoms with Gasteiger partial charge in [0.1, 0.15) is 18.4 Å². The molecule has 0 unspecified atom stereocenters. The van der Waals surface area contributed by atoms with Crippen LogP contribution in [0.4, 0.5) is 11.5 Å². The van der Waals surface area contributed by atoms with Crippen molar-refractivity contribution < 1.29 is 9.47 Å². The topological polar surface area (TPSA) is 100 Å². The molecule has 2 aliphatic rings. The van der Waals surface area contributed by atoms with Gasteiger partial charge in [0.15, 0.2) is 5.82 Å². The number of anilines is 2. The smallest absolute Gasteiger partial charge is 0.167 e. The van der Waals surface area contributed by atoms with E-state index in [0.717, 1.165) is 49.4 Å². The van der Waals surface area contributed by atoms with Gasteiger partial charge >= 0.3 is 0 Å². The molecule has 1 aliphatic heterocycles. The van der Waals surface area contributed by atoms with Crippen molar-refractivity contribution in [1.29, 1.82) is 0 Å². The second kappa shape index (κ2) is 8.41. The zero-order valence-electron chi connectivity index (χ0n) is 17.6. The molecular formula is C20H32N6O2Si. The third kappa shape index (κ3) is 5.15. The Kier molecular flexibility index (Phi) is 5.89. The van der Waals surface area contributed by atoms with E-state index < -0.39 is 8.07 Å². The van der Waals surface area contributed by atoms with E-state index in [2.05, 4.69) is 44.7 Å². The van der Waals surface area contributed by atoms with Gasteiger partial charge in [-0.1, -0.05) is 19.6 Å². The van der Waals surface area contributed by atoms with Gasteiger partial charge in [-0.15, -0.1) is 10.2 Å². The van der Waals surface area contributed by atoms with E-state index in [-0.39, 0.29) is 6.10 Å². The molecule has 0 radical (unpaired) electrons. The minimum absolute atomic E-state index is 0.258. The van der Waals surface area contributed by atoms with Gasteiger partial charge in [-0.25, -0.2) is 4.98 Å². The van der Waals surface area contributed by atoms with Crippen LogP contribution in [0.5, 0.6) is 0 Å². The fourth-order valence-corrected chi connectivity index (χ4v) is 4.00. The van der Waals surface area contributed by atoms with Crippen molar-refractivity contribution in [3.05, 3.63) is 18.1 Å². The highest BCUT2D eigenvalue weighted by Gasteiger charge is 2.31. The monoisotopic (exact) mass is 416 g/mol. The van der Waals surface area contributed by atoms with Gasteiger partial charge in [0, 0.05) is 45.5 Å². The first-order valence-corrected chi connectivity index (χ1v) is 14.2. The van der Waals surface area contributed by atoms with Crippen LogP contribution >= 0.6 is 0 Å². The van der Waals surface area contributed by atoms with Crippen molar-refractivity contribution >= 4 is 19.6 Å². The molecule has 3 heterocycles. The van der Waals surface area contributed by atoms with Crippen molar-refractivity contribution in [2.24, 2.45) is 0 Å². The normalized spacial score (nSPS) is 19.2. The number of ether oxygens (including phenoxy) is 2. The number of hydrogen-bond acceptors (Lipinski definition) is 7. The molecule has 2 fully saturated rings. The fraction of sp³-hybridized carbons (Fsp3) is 0.650. The third-order valence-corrected chi connectivity index (χ3v) is 7.11. The Morgan fingerprint density at radius 3 is 2.69 bits per heavy atom. The van der Waals surface area contributed by atoms with E-state index in [1.165, 1.54) is 12.8 Å². The molecule has 2 aromatic heterocycles. The summed E-state index contributed by atoms with van der Waals surface area (Å²) in [5, 5.41) is 12.2. The number of nitrogen functional groups attached to an aromatic ring is 1. The maximum Gasteiger partial charge on any atom is 0.167 e. The van der Waals surface area contributed by atoms with Gasteiger partial charge < -0.3 is 20.5 Å². The number of rotatable bonds is 10. The number of pyridine rings is 1. The van der Waals surface area contributed by atoms with E-state index >= 15 is 0 Å². The number of nitrogens with one attached hydrogen (secondary N) is 1. The quantitative estimate of drug-likeness (QED) is 0.453. The predicted octanol–water partition coefficient (Wildman–Crippen LogP) is 3.31. The lowest BCUT2D eigenvalue weighted by Gasteiger charge is -2.26. The van der Waals surface area contributed by atoms with Crippen LogP contribution in [0.2, 0.25) is 25.7 Å². The van der Waals surface area contributed by atoms with Gasteiger partial charge in [0.05, 0.1) is 11.8 Å². The molecule has 158 valence electrons. The average Bonchev–Trinajstić information content (AvgIpc) is 3.38. The molecule has 1 atom stereocenters. The lowest BCUT2D eigenvalue weighted by atomic mass is 10.2. The Labute approximate surface area is 173 Å². The molecule has 0 aromatic carbocycles. The summed E-state index contributed by atoms with van der Waals surface area (Å²) >= 11 is 0. The van der Waals surface area contributed by atoms with Gasteiger partial charge in [0.2, 0.25) is 0 Å². The summed E-state index contributed by atoms with van der Waals surface area (Å²) in [5.74, 6) is 2.96. The van der Waals surface area contributed by atoms with Crippen LogP contribution < -0.4 is 11.1 Å². The summed E-state index contributed by atoms with van der Waals surface area (Å²) in [6.45, 7) is 9.88. The summed E-state index contributed by atoms with van der Waals surface area (Å²) in [6, 6.07) is 3.05. The maximum atomic E-state index is 6.25. The maximum absolute atomic E-state index is 6.25. The first-order chi connectivity index (χ1) is 13.9. The molecule has 0 amide bonds. The fourth-order valence-electron chi connectivity index (χ4n) is 3.24. The molecule has 29 heavy (non-hydrogen) atoms. The number of aromatic nitrogens is 4. The lowest BCUT2D eigenvalue weighted by Crippen LogP contribution is -2.33. The Bertz CT molecular complexity index is 842. The average molecular weight is 417 g/mol. The highest BCUT2D eigenvalue weighted by molar-refractivity contribution is 6.76. The molecule has 1 aliphatic carbocycles. The minimum Gasteiger partial charge on any atom is -0.396 e. The molecule has 4 rings (SSSR count). The zero-order valence-corrected chi connectivity index (χ0v) is 18.6. The molecule has 2 aromatic rings. The van der Waals surface area contributed by atoms with Crippen molar-refractivity contribution in [2.45, 2.75) is 63.7 Å². The van der Waals surface area contributed by atoms with Crippen LogP contribution in [0.15, 0.2) is 12.3 Å². The van der Waals surface area contributed by atoms with Crippen LogP contribution in [-0.4, -0.2) is 53.7 Å². The summed E-state index contributed by atoms with van der Waals surface area (Å²) in [5.41, 5.74) is 7.72. The van der Waals surface area contributed by atoms with Gasteiger partial charge in [-0.05, 0) is 31.4 Å². The second-order valence-corrected chi connectivity index (χ2v) is 14.9. The highest BCUT2D eigenvalue weighted by atomic mass is 28.3. The second-order valence-electron chi connectivity index (χ2n) is 9.26. The largest absolute Gasteiger partial charge is 0.396 e. The van der Waals surface area contributed by atoms with Crippen LogP contribution in [0, 0.1) is 0 Å². The highest BCUT2D eigenvalue weighted by Crippen LogP contribution is 2.40. The van der Waals surface area contributed by atoms with Crippen LogP contribution in [0.25, 0.3) is 11.4 Å². The summed E-state index contributed by atoms with van der Waals surface area (Å²) in [7, 11) is -1.12. The molecule has 8 nitrogen and oxygen atoms in total. The van der Waals surface area contributed by atoms with Gasteiger partial charge in [-0.2, -0.15) is 0 Å². The van der Waals surface area contributed by atoms with E-state index in [1.54, 1.807) is 6.20 Å². The van der Waals surface area contributed by atoms with Crippen LogP contribution in [-0.2, 0) is 16.2 Å². The van der Waals surface area contributed by atoms with Gasteiger partial charge in [-0.3, -0.25) is 4.57 Å². The van der Waals surface area contributed by atoms with Gasteiger partial charge in [0.25, 0.3) is 0 Å². The zero-order chi connectivity index (χ0) is 20.4. The van der Waals surface area contributed by atoms with Crippen molar-refractivity contribution in [3.63, 3.8) is 0 Å². The summed E-state index contributed by atoms with van der Waals surface area (Å²) in [4.78, 5) is 4.52. The Morgan fingerprint density at radius 2 is 2.07 bits per heavy atom. The van der Waals surface area contributed by atoms with Crippen molar-refractivity contribution in [3.8, 4) is 11.4 Å².